The third-order valence-corrected chi connectivity index (χ3v) is 3.59. The lowest BCUT2D eigenvalue weighted by Gasteiger charge is -2.09. The van der Waals surface area contributed by atoms with Crippen molar-refractivity contribution in [1.29, 1.82) is 0 Å². The van der Waals surface area contributed by atoms with Gasteiger partial charge in [-0.15, -0.1) is 0 Å². The molecule has 0 aliphatic carbocycles. The molecule has 0 aliphatic heterocycles. The smallest absolute Gasteiger partial charge is 0.251 e. The van der Waals surface area contributed by atoms with E-state index in [1.165, 1.54) is 12.1 Å². The summed E-state index contributed by atoms with van der Waals surface area (Å²) in [6, 6.07) is 11.6. The number of hydrogen-bond donors (Lipinski definition) is 2. The van der Waals surface area contributed by atoms with Crippen LogP contribution in [-0.2, 0) is 6.54 Å². The summed E-state index contributed by atoms with van der Waals surface area (Å²) < 4.78 is 19.3. The minimum absolute atomic E-state index is 0.148. The number of nitrogens with one attached hydrogen (secondary N) is 1. The van der Waals surface area contributed by atoms with E-state index in [9.17, 15) is 9.18 Å². The van der Waals surface area contributed by atoms with Gasteiger partial charge in [-0.3, -0.25) is 4.79 Å². The van der Waals surface area contributed by atoms with E-state index in [0.29, 0.717) is 17.4 Å². The first-order valence-electron chi connectivity index (χ1n) is 8.02. The van der Waals surface area contributed by atoms with Gasteiger partial charge in [-0.05, 0) is 48.7 Å². The standard InChI is InChI=1S/C19H23FN2O2/c1-13(2)9-10-22-12-14-3-5-15(6-4-14)24-16-7-8-17(19(21)23)18(20)11-16/h3-8,11,13,22H,9-10,12H2,1-2H3,(H2,21,23). The highest BCUT2D eigenvalue weighted by Crippen LogP contribution is 2.23. The van der Waals surface area contributed by atoms with Crippen LogP contribution in [0.3, 0.4) is 0 Å². The molecule has 0 heterocycles. The van der Waals surface area contributed by atoms with Crippen LogP contribution in [0.25, 0.3) is 0 Å². The Kier molecular flexibility index (Phi) is 6.32. The third-order valence-electron chi connectivity index (χ3n) is 3.59. The summed E-state index contributed by atoms with van der Waals surface area (Å²) in [5.41, 5.74) is 6.08. The third kappa shape index (κ3) is 5.35. The van der Waals surface area contributed by atoms with Gasteiger partial charge in [0.05, 0.1) is 5.56 Å². The lowest BCUT2D eigenvalue weighted by molar-refractivity contribution is 0.0996. The Labute approximate surface area is 141 Å². The van der Waals surface area contributed by atoms with Gasteiger partial charge in [-0.1, -0.05) is 26.0 Å². The van der Waals surface area contributed by atoms with E-state index in [1.54, 1.807) is 0 Å². The molecule has 2 aromatic carbocycles. The maximum absolute atomic E-state index is 13.7. The Morgan fingerprint density at radius 1 is 1.17 bits per heavy atom. The minimum atomic E-state index is -0.798. The normalized spacial score (nSPS) is 10.8. The van der Waals surface area contributed by atoms with E-state index in [-0.39, 0.29) is 5.56 Å². The first-order chi connectivity index (χ1) is 11.5. The van der Waals surface area contributed by atoms with Crippen LogP contribution in [0, 0.1) is 11.7 Å². The second kappa shape index (κ2) is 8.45. The molecule has 0 fully saturated rings. The van der Waals surface area contributed by atoms with Crippen molar-refractivity contribution in [2.24, 2.45) is 11.7 Å². The molecule has 4 nitrogen and oxygen atoms in total. The molecule has 1 amide bonds. The molecular weight excluding hydrogens is 307 g/mol. The monoisotopic (exact) mass is 330 g/mol. The van der Waals surface area contributed by atoms with Gasteiger partial charge in [0.2, 0.25) is 0 Å². The van der Waals surface area contributed by atoms with Crippen LogP contribution in [0.4, 0.5) is 4.39 Å². The number of carbonyl (C=O) groups is 1. The molecule has 24 heavy (non-hydrogen) atoms. The largest absolute Gasteiger partial charge is 0.457 e. The van der Waals surface area contributed by atoms with Gasteiger partial charge in [0.1, 0.15) is 17.3 Å². The zero-order valence-corrected chi connectivity index (χ0v) is 14.0. The van der Waals surface area contributed by atoms with Crippen molar-refractivity contribution in [2.45, 2.75) is 26.8 Å². The van der Waals surface area contributed by atoms with Crippen molar-refractivity contribution in [1.82, 2.24) is 5.32 Å². The highest BCUT2D eigenvalue weighted by Gasteiger charge is 2.09. The number of amides is 1. The van der Waals surface area contributed by atoms with Crippen molar-refractivity contribution in [3.63, 3.8) is 0 Å². The lowest BCUT2D eigenvalue weighted by atomic mass is 10.1. The minimum Gasteiger partial charge on any atom is -0.457 e. The zero-order valence-electron chi connectivity index (χ0n) is 14.0. The average Bonchev–Trinajstić information content (AvgIpc) is 2.52. The van der Waals surface area contributed by atoms with Crippen molar-refractivity contribution in [2.75, 3.05) is 6.54 Å². The second-order valence-electron chi connectivity index (χ2n) is 6.11. The fourth-order valence-corrected chi connectivity index (χ4v) is 2.19. The summed E-state index contributed by atoms with van der Waals surface area (Å²) in [5, 5.41) is 3.39. The summed E-state index contributed by atoms with van der Waals surface area (Å²) in [4.78, 5) is 11.0. The maximum atomic E-state index is 13.7. The molecule has 0 atom stereocenters. The number of rotatable bonds is 8. The maximum Gasteiger partial charge on any atom is 0.251 e. The number of nitrogens with two attached hydrogens (primary N) is 1. The quantitative estimate of drug-likeness (QED) is 0.723. The molecule has 0 saturated carbocycles. The summed E-state index contributed by atoms with van der Waals surface area (Å²) in [6.07, 6.45) is 1.15. The molecule has 0 saturated heterocycles. The van der Waals surface area contributed by atoms with Crippen LogP contribution in [0.2, 0.25) is 0 Å². The molecular formula is C19H23FN2O2. The number of carbonyl (C=O) groups excluding carboxylic acids is 1. The van der Waals surface area contributed by atoms with Crippen molar-refractivity contribution >= 4 is 5.91 Å². The Bertz CT molecular complexity index is 684. The van der Waals surface area contributed by atoms with E-state index in [0.717, 1.165) is 31.1 Å². The Balaban J connectivity index is 1.92. The topological polar surface area (TPSA) is 64.3 Å². The molecule has 3 N–H and O–H groups in total. The number of halogens is 1. The molecule has 2 rings (SSSR count). The molecule has 0 bridgehead atoms. The lowest BCUT2D eigenvalue weighted by Crippen LogP contribution is -2.16. The van der Waals surface area contributed by atoms with Gasteiger partial charge in [0, 0.05) is 12.6 Å². The number of hydrogen-bond acceptors (Lipinski definition) is 3. The Morgan fingerprint density at radius 3 is 2.42 bits per heavy atom. The summed E-state index contributed by atoms with van der Waals surface area (Å²) in [7, 11) is 0. The molecule has 0 radical (unpaired) electrons. The van der Waals surface area contributed by atoms with Crippen LogP contribution in [0.5, 0.6) is 11.5 Å². The van der Waals surface area contributed by atoms with Crippen molar-refractivity contribution in [3.8, 4) is 11.5 Å². The summed E-state index contributed by atoms with van der Waals surface area (Å²) in [6.45, 7) is 6.19. The molecule has 0 aliphatic rings. The first-order valence-corrected chi connectivity index (χ1v) is 8.02. The van der Waals surface area contributed by atoms with Gasteiger partial charge in [-0.25, -0.2) is 4.39 Å². The fraction of sp³-hybridized carbons (Fsp3) is 0.316. The Hall–Kier alpha value is -2.40. The highest BCUT2D eigenvalue weighted by molar-refractivity contribution is 5.93. The molecule has 0 aromatic heterocycles. The fourth-order valence-electron chi connectivity index (χ4n) is 2.19. The highest BCUT2D eigenvalue weighted by atomic mass is 19.1. The molecule has 0 spiro atoms. The average molecular weight is 330 g/mol. The van der Waals surface area contributed by atoms with E-state index >= 15 is 0 Å². The molecule has 128 valence electrons. The van der Waals surface area contributed by atoms with Crippen molar-refractivity contribution in [3.05, 3.63) is 59.4 Å². The van der Waals surface area contributed by atoms with Crippen molar-refractivity contribution < 1.29 is 13.9 Å². The predicted molar refractivity (Wildman–Crippen MR) is 92.6 cm³/mol. The van der Waals surface area contributed by atoms with E-state index < -0.39 is 11.7 Å². The van der Waals surface area contributed by atoms with Crippen LogP contribution >= 0.6 is 0 Å². The van der Waals surface area contributed by atoms with E-state index in [2.05, 4.69) is 19.2 Å². The van der Waals surface area contributed by atoms with Gasteiger partial charge >= 0.3 is 0 Å². The van der Waals surface area contributed by atoms with Crippen LogP contribution in [0.15, 0.2) is 42.5 Å². The predicted octanol–water partition coefficient (Wildman–Crippen LogP) is 3.85. The van der Waals surface area contributed by atoms with Crippen LogP contribution < -0.4 is 15.8 Å². The van der Waals surface area contributed by atoms with E-state index in [4.69, 9.17) is 10.5 Å². The number of benzene rings is 2. The summed E-state index contributed by atoms with van der Waals surface area (Å²) >= 11 is 0. The van der Waals surface area contributed by atoms with Crippen LogP contribution in [0.1, 0.15) is 36.2 Å². The van der Waals surface area contributed by atoms with E-state index in [1.807, 2.05) is 24.3 Å². The van der Waals surface area contributed by atoms with Gasteiger partial charge in [0.15, 0.2) is 0 Å². The second-order valence-corrected chi connectivity index (χ2v) is 6.11. The molecule has 0 unspecified atom stereocenters. The SMILES string of the molecule is CC(C)CCNCc1ccc(Oc2ccc(C(N)=O)c(F)c2)cc1. The zero-order chi connectivity index (χ0) is 17.5. The van der Waals surface area contributed by atoms with Gasteiger partial charge in [-0.2, -0.15) is 0 Å². The Morgan fingerprint density at radius 2 is 1.83 bits per heavy atom. The van der Waals surface area contributed by atoms with Crippen LogP contribution in [-0.4, -0.2) is 12.5 Å². The molecule has 2 aromatic rings. The number of ether oxygens (including phenoxy) is 1. The number of primary amides is 1. The molecule has 5 heteroatoms. The van der Waals surface area contributed by atoms with Gasteiger partial charge in [0.25, 0.3) is 5.91 Å². The summed E-state index contributed by atoms with van der Waals surface area (Å²) in [5.74, 6) is 0.126. The first kappa shape index (κ1) is 17.9. The van der Waals surface area contributed by atoms with Gasteiger partial charge < -0.3 is 15.8 Å².